The van der Waals surface area contributed by atoms with Gasteiger partial charge in [0.2, 0.25) is 0 Å². The van der Waals surface area contributed by atoms with Crippen molar-refractivity contribution in [3.63, 3.8) is 0 Å². The second-order valence-electron chi connectivity index (χ2n) is 4.29. The zero-order valence-electron chi connectivity index (χ0n) is 8.86. The first-order chi connectivity index (χ1) is 7.84. The molecule has 0 unspecified atom stereocenters. The lowest BCUT2D eigenvalue weighted by Gasteiger charge is -2.04. The van der Waals surface area contributed by atoms with E-state index in [0.29, 0.717) is 11.5 Å². The van der Waals surface area contributed by atoms with Gasteiger partial charge >= 0.3 is 0 Å². The highest BCUT2D eigenvalue weighted by Gasteiger charge is 2.22. The smallest absolute Gasteiger partial charge is 0.253 e. The highest BCUT2D eigenvalue weighted by molar-refractivity contribution is 6.05. The summed E-state index contributed by atoms with van der Waals surface area (Å²) in [6, 6.07) is 5.64. The number of hydrogen-bond acceptors (Lipinski definition) is 2. The molecule has 0 saturated heterocycles. The number of aromatic nitrogens is 2. The van der Waals surface area contributed by atoms with Gasteiger partial charge in [-0.15, -0.1) is 0 Å². The van der Waals surface area contributed by atoms with Crippen molar-refractivity contribution in [2.45, 2.75) is 12.8 Å². The number of para-hydroxylation sites is 1. The predicted octanol–water partition coefficient (Wildman–Crippen LogP) is 1.70. The second-order valence-corrected chi connectivity index (χ2v) is 4.29. The van der Waals surface area contributed by atoms with Crippen LogP contribution in [0.25, 0.3) is 10.9 Å². The highest BCUT2D eigenvalue weighted by atomic mass is 16.1. The number of fused-ring (bicyclic) bond motifs is 1. The summed E-state index contributed by atoms with van der Waals surface area (Å²) in [5.41, 5.74) is 1.49. The lowest BCUT2D eigenvalue weighted by atomic mass is 10.1. The Labute approximate surface area is 93.0 Å². The predicted molar refractivity (Wildman–Crippen MR) is 61.2 cm³/mol. The summed E-state index contributed by atoms with van der Waals surface area (Å²) < 4.78 is 0. The van der Waals surface area contributed by atoms with E-state index in [2.05, 4.69) is 15.5 Å². The molecule has 0 bridgehead atoms. The molecule has 0 atom stereocenters. The van der Waals surface area contributed by atoms with Crippen LogP contribution >= 0.6 is 0 Å². The first-order valence-corrected chi connectivity index (χ1v) is 5.55. The van der Waals surface area contributed by atoms with Crippen molar-refractivity contribution in [2.24, 2.45) is 5.92 Å². The Bertz CT molecular complexity index is 528. The summed E-state index contributed by atoms with van der Waals surface area (Å²) in [5, 5.41) is 10.7. The van der Waals surface area contributed by atoms with Gasteiger partial charge in [-0.3, -0.25) is 9.89 Å². The van der Waals surface area contributed by atoms with E-state index in [0.717, 1.165) is 17.4 Å². The SMILES string of the molecule is O=C(NCC1CC1)c1cccc2cn[nH]c12. The molecule has 16 heavy (non-hydrogen) atoms. The Kier molecular flexibility index (Phi) is 2.13. The molecule has 1 aliphatic carbocycles. The van der Waals surface area contributed by atoms with Gasteiger partial charge in [-0.2, -0.15) is 5.10 Å². The number of amides is 1. The average Bonchev–Trinajstić information content (AvgIpc) is 3.01. The zero-order chi connectivity index (χ0) is 11.0. The molecule has 1 heterocycles. The minimum absolute atomic E-state index is 0.0123. The van der Waals surface area contributed by atoms with E-state index in [1.165, 1.54) is 12.8 Å². The number of nitrogens with zero attached hydrogens (tertiary/aromatic N) is 1. The largest absolute Gasteiger partial charge is 0.352 e. The van der Waals surface area contributed by atoms with Crippen molar-refractivity contribution in [1.29, 1.82) is 0 Å². The number of H-pyrrole nitrogens is 1. The van der Waals surface area contributed by atoms with Crippen LogP contribution in [0.15, 0.2) is 24.4 Å². The van der Waals surface area contributed by atoms with Gasteiger partial charge in [0.15, 0.2) is 0 Å². The van der Waals surface area contributed by atoms with E-state index in [9.17, 15) is 4.79 Å². The minimum Gasteiger partial charge on any atom is -0.352 e. The van der Waals surface area contributed by atoms with E-state index in [-0.39, 0.29) is 5.91 Å². The van der Waals surface area contributed by atoms with E-state index in [1.54, 1.807) is 6.20 Å². The first-order valence-electron chi connectivity index (χ1n) is 5.55. The molecular weight excluding hydrogens is 202 g/mol. The Hall–Kier alpha value is -1.84. The van der Waals surface area contributed by atoms with Crippen LogP contribution < -0.4 is 5.32 Å². The number of aromatic amines is 1. The van der Waals surface area contributed by atoms with Crippen molar-refractivity contribution in [2.75, 3.05) is 6.54 Å². The van der Waals surface area contributed by atoms with Gasteiger partial charge in [0.1, 0.15) is 0 Å². The van der Waals surface area contributed by atoms with Gasteiger partial charge in [-0.25, -0.2) is 0 Å². The van der Waals surface area contributed by atoms with Gasteiger partial charge in [0, 0.05) is 11.9 Å². The van der Waals surface area contributed by atoms with Crippen molar-refractivity contribution < 1.29 is 4.79 Å². The number of carbonyl (C=O) groups excluding carboxylic acids is 1. The van der Waals surface area contributed by atoms with Crippen LogP contribution in [0.4, 0.5) is 0 Å². The lowest BCUT2D eigenvalue weighted by Crippen LogP contribution is -2.25. The standard InChI is InChI=1S/C12H13N3O/c16-12(13-6-8-4-5-8)10-3-1-2-9-7-14-15-11(9)10/h1-3,7-8H,4-6H2,(H,13,16)(H,14,15). The zero-order valence-corrected chi connectivity index (χ0v) is 8.86. The van der Waals surface area contributed by atoms with Crippen LogP contribution in [0.3, 0.4) is 0 Å². The summed E-state index contributed by atoms with van der Waals surface area (Å²) in [7, 11) is 0. The van der Waals surface area contributed by atoms with Crippen LogP contribution in [-0.2, 0) is 0 Å². The van der Waals surface area contributed by atoms with Crippen molar-refractivity contribution in [1.82, 2.24) is 15.5 Å². The molecule has 2 N–H and O–H groups in total. The maximum Gasteiger partial charge on any atom is 0.253 e. The summed E-state index contributed by atoms with van der Waals surface area (Å²) >= 11 is 0. The van der Waals surface area contributed by atoms with Crippen LogP contribution in [-0.4, -0.2) is 22.6 Å². The molecule has 0 spiro atoms. The molecule has 0 radical (unpaired) electrons. The Morgan fingerprint density at radius 1 is 1.50 bits per heavy atom. The minimum atomic E-state index is -0.0123. The van der Waals surface area contributed by atoms with Crippen LogP contribution in [0.1, 0.15) is 23.2 Å². The summed E-state index contributed by atoms with van der Waals surface area (Å²) in [6.45, 7) is 0.795. The molecule has 1 amide bonds. The lowest BCUT2D eigenvalue weighted by molar-refractivity contribution is 0.0953. The number of rotatable bonds is 3. The maximum atomic E-state index is 11.9. The van der Waals surface area contributed by atoms with E-state index >= 15 is 0 Å². The fraction of sp³-hybridized carbons (Fsp3) is 0.333. The third kappa shape index (κ3) is 1.66. The molecule has 4 nitrogen and oxygen atoms in total. The molecule has 1 aromatic heterocycles. The summed E-state index contributed by atoms with van der Waals surface area (Å²) in [5.74, 6) is 0.687. The van der Waals surface area contributed by atoms with E-state index < -0.39 is 0 Å². The molecule has 1 aromatic carbocycles. The fourth-order valence-electron chi connectivity index (χ4n) is 1.81. The van der Waals surface area contributed by atoms with Gasteiger partial charge in [-0.1, -0.05) is 12.1 Å². The van der Waals surface area contributed by atoms with Gasteiger partial charge in [-0.05, 0) is 24.8 Å². The van der Waals surface area contributed by atoms with Crippen molar-refractivity contribution >= 4 is 16.8 Å². The molecule has 1 aliphatic rings. The van der Waals surface area contributed by atoms with Crippen LogP contribution in [0, 0.1) is 5.92 Å². The molecule has 82 valence electrons. The maximum absolute atomic E-state index is 11.9. The molecule has 3 rings (SSSR count). The Morgan fingerprint density at radius 2 is 2.38 bits per heavy atom. The second kappa shape index (κ2) is 3.63. The Balaban J connectivity index is 1.85. The van der Waals surface area contributed by atoms with Crippen LogP contribution in [0.5, 0.6) is 0 Å². The van der Waals surface area contributed by atoms with Crippen molar-refractivity contribution in [3.05, 3.63) is 30.0 Å². The van der Waals surface area contributed by atoms with Gasteiger partial charge in [0.05, 0.1) is 17.3 Å². The van der Waals surface area contributed by atoms with Gasteiger partial charge in [0.25, 0.3) is 5.91 Å². The van der Waals surface area contributed by atoms with E-state index in [1.807, 2.05) is 18.2 Å². The average molecular weight is 215 g/mol. The van der Waals surface area contributed by atoms with Crippen LogP contribution in [0.2, 0.25) is 0 Å². The molecule has 4 heteroatoms. The number of hydrogen-bond donors (Lipinski definition) is 2. The summed E-state index contributed by atoms with van der Waals surface area (Å²) in [4.78, 5) is 11.9. The third-order valence-corrected chi connectivity index (χ3v) is 2.97. The van der Waals surface area contributed by atoms with E-state index in [4.69, 9.17) is 0 Å². The topological polar surface area (TPSA) is 57.8 Å². The first kappa shape index (κ1) is 9.39. The molecule has 1 saturated carbocycles. The molecule has 2 aromatic rings. The van der Waals surface area contributed by atoms with Crippen molar-refractivity contribution in [3.8, 4) is 0 Å². The number of benzene rings is 1. The number of carbonyl (C=O) groups is 1. The monoisotopic (exact) mass is 215 g/mol. The number of nitrogens with one attached hydrogen (secondary N) is 2. The Morgan fingerprint density at radius 3 is 3.19 bits per heavy atom. The molecule has 0 aliphatic heterocycles. The third-order valence-electron chi connectivity index (χ3n) is 2.97. The summed E-state index contributed by atoms with van der Waals surface area (Å²) in [6.07, 6.45) is 4.22. The fourth-order valence-corrected chi connectivity index (χ4v) is 1.81. The van der Waals surface area contributed by atoms with Gasteiger partial charge < -0.3 is 5.32 Å². The normalized spacial score (nSPS) is 15.2. The highest BCUT2D eigenvalue weighted by Crippen LogP contribution is 2.27. The molecular formula is C12H13N3O. The molecule has 1 fully saturated rings. The quantitative estimate of drug-likeness (QED) is 0.818.